The summed E-state index contributed by atoms with van der Waals surface area (Å²) in [7, 11) is 2.01. The predicted molar refractivity (Wildman–Crippen MR) is 74.6 cm³/mol. The van der Waals surface area contributed by atoms with E-state index in [-0.39, 0.29) is 0 Å². The maximum absolute atomic E-state index is 11.5. The van der Waals surface area contributed by atoms with Crippen molar-refractivity contribution < 1.29 is 4.79 Å². The van der Waals surface area contributed by atoms with Gasteiger partial charge in [0.2, 0.25) is 0 Å². The highest BCUT2D eigenvalue weighted by Crippen LogP contribution is 2.32. The van der Waals surface area contributed by atoms with Crippen LogP contribution in [-0.2, 0) is 0 Å². The third-order valence-corrected chi connectivity index (χ3v) is 3.81. The Kier molecular flexibility index (Phi) is 3.75. The number of carbonyl (C=O) groups excluding carboxylic acids is 1. The maximum Gasteiger partial charge on any atom is 0.250 e. The molecule has 0 atom stereocenters. The van der Waals surface area contributed by atoms with Crippen molar-refractivity contribution in [2.24, 2.45) is 5.73 Å². The number of hydrogen-bond donors (Lipinski definition) is 2. The number of rotatable bonds is 3. The van der Waals surface area contributed by atoms with Gasteiger partial charge in [-0.3, -0.25) is 4.79 Å². The van der Waals surface area contributed by atoms with Gasteiger partial charge in [0.1, 0.15) is 0 Å². The van der Waals surface area contributed by atoms with E-state index in [1.165, 1.54) is 19.3 Å². The number of benzene rings is 1. The van der Waals surface area contributed by atoms with E-state index in [4.69, 9.17) is 11.5 Å². The Morgan fingerprint density at radius 3 is 2.56 bits per heavy atom. The molecule has 1 aromatic carbocycles. The molecule has 4 N–H and O–H groups in total. The topological polar surface area (TPSA) is 72.3 Å². The van der Waals surface area contributed by atoms with E-state index in [9.17, 15) is 4.79 Å². The highest BCUT2D eigenvalue weighted by molar-refractivity contribution is 6.01. The van der Waals surface area contributed by atoms with Gasteiger partial charge in [-0.05, 0) is 25.0 Å². The molecule has 0 radical (unpaired) electrons. The van der Waals surface area contributed by atoms with Crippen molar-refractivity contribution in [3.8, 4) is 0 Å². The Balaban J connectivity index is 2.33. The van der Waals surface area contributed by atoms with Gasteiger partial charge in [0.25, 0.3) is 5.91 Å². The quantitative estimate of drug-likeness (QED) is 0.804. The Morgan fingerprint density at radius 2 is 1.94 bits per heavy atom. The number of amides is 1. The van der Waals surface area contributed by atoms with Gasteiger partial charge in [0.05, 0.1) is 16.9 Å². The fourth-order valence-electron chi connectivity index (χ4n) is 2.80. The molecule has 0 aromatic heterocycles. The number of para-hydroxylation sites is 1. The Labute approximate surface area is 108 Å². The van der Waals surface area contributed by atoms with Crippen molar-refractivity contribution in [2.75, 3.05) is 17.7 Å². The zero-order chi connectivity index (χ0) is 13.1. The fourth-order valence-corrected chi connectivity index (χ4v) is 2.80. The number of nitrogens with zero attached hydrogens (tertiary/aromatic N) is 1. The molecule has 1 amide bonds. The Morgan fingerprint density at radius 1 is 1.28 bits per heavy atom. The predicted octanol–water partition coefficient (Wildman–Crippen LogP) is 2.14. The van der Waals surface area contributed by atoms with Crippen molar-refractivity contribution in [1.29, 1.82) is 0 Å². The van der Waals surface area contributed by atoms with Gasteiger partial charge in [0.15, 0.2) is 0 Å². The summed E-state index contributed by atoms with van der Waals surface area (Å²) in [5.41, 5.74) is 13.4. The first-order chi connectivity index (χ1) is 8.61. The first-order valence-electron chi connectivity index (χ1n) is 6.52. The minimum Gasteiger partial charge on any atom is -0.397 e. The normalized spacial score (nSPS) is 16.5. The first-order valence-corrected chi connectivity index (χ1v) is 6.52. The largest absolute Gasteiger partial charge is 0.397 e. The van der Waals surface area contributed by atoms with Crippen molar-refractivity contribution >= 4 is 17.3 Å². The van der Waals surface area contributed by atoms with Gasteiger partial charge in [-0.25, -0.2) is 0 Å². The molecule has 2 rings (SSSR count). The molecular formula is C14H21N3O. The SMILES string of the molecule is CN(c1c(N)cccc1C(N)=O)C1CCCCC1. The van der Waals surface area contributed by atoms with E-state index >= 15 is 0 Å². The average molecular weight is 247 g/mol. The number of anilines is 2. The molecule has 1 fully saturated rings. The van der Waals surface area contributed by atoms with Gasteiger partial charge in [-0.2, -0.15) is 0 Å². The Bertz CT molecular complexity index is 439. The maximum atomic E-state index is 11.5. The number of primary amides is 1. The summed E-state index contributed by atoms with van der Waals surface area (Å²) in [4.78, 5) is 13.6. The van der Waals surface area contributed by atoms with Crippen molar-refractivity contribution in [1.82, 2.24) is 0 Å². The highest BCUT2D eigenvalue weighted by Gasteiger charge is 2.23. The molecule has 1 aliphatic rings. The van der Waals surface area contributed by atoms with Crippen molar-refractivity contribution in [3.05, 3.63) is 23.8 Å². The minimum absolute atomic E-state index is 0.417. The van der Waals surface area contributed by atoms with E-state index < -0.39 is 5.91 Å². The van der Waals surface area contributed by atoms with Crippen LogP contribution >= 0.6 is 0 Å². The van der Waals surface area contributed by atoms with Crippen LogP contribution in [0.15, 0.2) is 18.2 Å². The summed E-state index contributed by atoms with van der Waals surface area (Å²) >= 11 is 0. The third kappa shape index (κ3) is 2.42. The number of hydrogen-bond acceptors (Lipinski definition) is 3. The smallest absolute Gasteiger partial charge is 0.250 e. The molecule has 0 spiro atoms. The summed E-state index contributed by atoms with van der Waals surface area (Å²) in [5, 5.41) is 0. The lowest BCUT2D eigenvalue weighted by molar-refractivity contribution is 0.100. The van der Waals surface area contributed by atoms with Gasteiger partial charge in [-0.15, -0.1) is 0 Å². The van der Waals surface area contributed by atoms with Crippen LogP contribution in [0.2, 0.25) is 0 Å². The first kappa shape index (κ1) is 12.7. The molecule has 1 saturated carbocycles. The molecule has 1 aliphatic carbocycles. The molecule has 18 heavy (non-hydrogen) atoms. The van der Waals surface area contributed by atoms with Crippen molar-refractivity contribution in [3.63, 3.8) is 0 Å². The van der Waals surface area contributed by atoms with Gasteiger partial charge in [0, 0.05) is 13.1 Å². The number of nitrogen functional groups attached to an aromatic ring is 1. The molecule has 1 aromatic rings. The van der Waals surface area contributed by atoms with Crippen LogP contribution in [0.1, 0.15) is 42.5 Å². The van der Waals surface area contributed by atoms with Crippen LogP contribution < -0.4 is 16.4 Å². The summed E-state index contributed by atoms with van der Waals surface area (Å²) < 4.78 is 0. The molecule has 4 nitrogen and oxygen atoms in total. The average Bonchev–Trinajstić information content (AvgIpc) is 2.38. The number of nitrogens with two attached hydrogens (primary N) is 2. The zero-order valence-corrected chi connectivity index (χ0v) is 10.9. The second-order valence-corrected chi connectivity index (χ2v) is 5.01. The Hall–Kier alpha value is -1.71. The molecular weight excluding hydrogens is 226 g/mol. The summed E-state index contributed by atoms with van der Waals surface area (Å²) in [6, 6.07) is 5.80. The van der Waals surface area contributed by atoms with E-state index in [2.05, 4.69) is 4.90 Å². The molecule has 0 bridgehead atoms. The number of carbonyl (C=O) groups is 1. The minimum atomic E-state index is -0.417. The van der Waals surface area contributed by atoms with Gasteiger partial charge < -0.3 is 16.4 Å². The van der Waals surface area contributed by atoms with Crippen LogP contribution in [0, 0.1) is 0 Å². The van der Waals surface area contributed by atoms with Crippen LogP contribution in [0.4, 0.5) is 11.4 Å². The van der Waals surface area contributed by atoms with Crippen LogP contribution in [0.3, 0.4) is 0 Å². The molecule has 0 unspecified atom stereocenters. The van der Waals surface area contributed by atoms with E-state index in [0.29, 0.717) is 17.3 Å². The van der Waals surface area contributed by atoms with Crippen LogP contribution in [0.25, 0.3) is 0 Å². The molecule has 4 heteroatoms. The summed E-state index contributed by atoms with van der Waals surface area (Å²) in [6.45, 7) is 0. The second kappa shape index (κ2) is 5.29. The highest BCUT2D eigenvalue weighted by atomic mass is 16.1. The third-order valence-electron chi connectivity index (χ3n) is 3.81. The lowest BCUT2D eigenvalue weighted by Gasteiger charge is -2.34. The van der Waals surface area contributed by atoms with E-state index in [0.717, 1.165) is 18.5 Å². The molecule has 0 saturated heterocycles. The van der Waals surface area contributed by atoms with Gasteiger partial charge >= 0.3 is 0 Å². The fraction of sp³-hybridized carbons (Fsp3) is 0.500. The summed E-state index contributed by atoms with van der Waals surface area (Å²) in [5.74, 6) is -0.417. The van der Waals surface area contributed by atoms with Crippen molar-refractivity contribution in [2.45, 2.75) is 38.1 Å². The second-order valence-electron chi connectivity index (χ2n) is 5.01. The molecule has 0 aliphatic heterocycles. The standard InChI is InChI=1S/C14H21N3O/c1-17(10-6-3-2-4-7-10)13-11(14(16)18)8-5-9-12(13)15/h5,8-10H,2-4,6-7,15H2,1H3,(H2,16,18). The monoisotopic (exact) mass is 247 g/mol. The lowest BCUT2D eigenvalue weighted by atomic mass is 9.93. The van der Waals surface area contributed by atoms with Crippen LogP contribution in [-0.4, -0.2) is 19.0 Å². The summed E-state index contributed by atoms with van der Waals surface area (Å²) in [6.07, 6.45) is 6.10. The van der Waals surface area contributed by atoms with E-state index in [1.54, 1.807) is 12.1 Å². The van der Waals surface area contributed by atoms with Crippen LogP contribution in [0.5, 0.6) is 0 Å². The van der Waals surface area contributed by atoms with E-state index in [1.807, 2.05) is 13.1 Å². The molecule has 98 valence electrons. The molecule has 0 heterocycles. The zero-order valence-electron chi connectivity index (χ0n) is 10.9. The lowest BCUT2D eigenvalue weighted by Crippen LogP contribution is -2.35. The van der Waals surface area contributed by atoms with Gasteiger partial charge in [-0.1, -0.05) is 25.3 Å².